The van der Waals surface area contributed by atoms with Gasteiger partial charge in [-0.3, -0.25) is 9.59 Å². The first-order chi connectivity index (χ1) is 10.5. The minimum absolute atomic E-state index is 0.164. The zero-order valence-corrected chi connectivity index (χ0v) is 13.0. The van der Waals surface area contributed by atoms with Crippen molar-refractivity contribution in [3.63, 3.8) is 0 Å². The van der Waals surface area contributed by atoms with E-state index in [0.29, 0.717) is 36.2 Å². The lowest BCUT2D eigenvalue weighted by Crippen LogP contribution is -2.26. The highest BCUT2D eigenvalue weighted by Crippen LogP contribution is 2.05. The fourth-order valence-electron chi connectivity index (χ4n) is 1.97. The maximum Gasteiger partial charge on any atom is 0.251 e. The van der Waals surface area contributed by atoms with Crippen molar-refractivity contribution in [1.82, 2.24) is 20.0 Å². The van der Waals surface area contributed by atoms with Gasteiger partial charge < -0.3 is 14.4 Å². The van der Waals surface area contributed by atoms with Gasteiger partial charge in [-0.2, -0.15) is 4.98 Å². The number of aromatic nitrogens is 3. The van der Waals surface area contributed by atoms with Gasteiger partial charge in [0.15, 0.2) is 5.82 Å². The third kappa shape index (κ3) is 4.03. The summed E-state index contributed by atoms with van der Waals surface area (Å²) in [5.74, 6) is 1.07. The van der Waals surface area contributed by atoms with E-state index in [9.17, 15) is 9.59 Å². The van der Waals surface area contributed by atoms with Crippen molar-refractivity contribution in [2.24, 2.45) is 5.92 Å². The molecule has 7 nitrogen and oxygen atoms in total. The van der Waals surface area contributed by atoms with Crippen LogP contribution in [0, 0.1) is 5.92 Å². The molecule has 7 heteroatoms. The van der Waals surface area contributed by atoms with Crippen molar-refractivity contribution in [1.29, 1.82) is 0 Å². The first kappa shape index (κ1) is 15.9. The predicted octanol–water partition coefficient (Wildman–Crippen LogP) is 1.38. The fourth-order valence-corrected chi connectivity index (χ4v) is 1.97. The molecule has 2 rings (SSSR count). The van der Waals surface area contributed by atoms with Crippen LogP contribution in [0.3, 0.4) is 0 Å². The molecule has 0 aliphatic rings. The van der Waals surface area contributed by atoms with Crippen LogP contribution in [0.2, 0.25) is 0 Å². The van der Waals surface area contributed by atoms with Crippen LogP contribution in [0.15, 0.2) is 27.6 Å². The standard InChI is InChI=1S/C15H20N4O3/c1-4-19-6-5-11(8-14(19)20)15(21)16-9-12-17-13(22-18-12)7-10(2)3/h5-6,8,10H,4,7,9H2,1-3H3,(H,16,21). The van der Waals surface area contributed by atoms with Crippen molar-refractivity contribution in [2.75, 3.05) is 0 Å². The van der Waals surface area contributed by atoms with E-state index in [1.165, 1.54) is 10.6 Å². The van der Waals surface area contributed by atoms with Crippen molar-refractivity contribution >= 4 is 5.91 Å². The summed E-state index contributed by atoms with van der Waals surface area (Å²) in [6.45, 7) is 6.72. The number of pyridine rings is 1. The molecular formula is C15H20N4O3. The van der Waals surface area contributed by atoms with Crippen molar-refractivity contribution in [3.8, 4) is 0 Å². The molecule has 0 atom stereocenters. The minimum Gasteiger partial charge on any atom is -0.345 e. The van der Waals surface area contributed by atoms with Gasteiger partial charge in [0, 0.05) is 30.8 Å². The molecule has 1 amide bonds. The van der Waals surface area contributed by atoms with Crippen molar-refractivity contribution in [2.45, 2.75) is 40.3 Å². The van der Waals surface area contributed by atoms with Gasteiger partial charge in [0.05, 0.1) is 6.54 Å². The van der Waals surface area contributed by atoms with E-state index in [-0.39, 0.29) is 18.0 Å². The molecule has 118 valence electrons. The molecule has 0 aliphatic heterocycles. The summed E-state index contributed by atoms with van der Waals surface area (Å²) in [6, 6.07) is 2.93. The second kappa shape index (κ2) is 7.02. The third-order valence-corrected chi connectivity index (χ3v) is 3.10. The van der Waals surface area contributed by atoms with Gasteiger partial charge in [-0.1, -0.05) is 19.0 Å². The Labute approximate surface area is 128 Å². The van der Waals surface area contributed by atoms with Crippen molar-refractivity contribution < 1.29 is 9.32 Å². The Morgan fingerprint density at radius 2 is 2.23 bits per heavy atom. The monoisotopic (exact) mass is 304 g/mol. The summed E-state index contributed by atoms with van der Waals surface area (Å²) in [6.07, 6.45) is 2.31. The molecule has 0 radical (unpaired) electrons. The first-order valence-corrected chi connectivity index (χ1v) is 7.29. The molecule has 0 saturated heterocycles. The summed E-state index contributed by atoms with van der Waals surface area (Å²) in [4.78, 5) is 27.9. The molecule has 2 heterocycles. The van der Waals surface area contributed by atoms with E-state index in [2.05, 4.69) is 29.3 Å². The maximum absolute atomic E-state index is 12.0. The number of carbonyl (C=O) groups is 1. The maximum atomic E-state index is 12.0. The minimum atomic E-state index is -0.337. The van der Waals surface area contributed by atoms with E-state index < -0.39 is 0 Å². The Balaban J connectivity index is 1.96. The quantitative estimate of drug-likeness (QED) is 0.870. The topological polar surface area (TPSA) is 90.0 Å². The zero-order valence-electron chi connectivity index (χ0n) is 13.0. The summed E-state index contributed by atoms with van der Waals surface area (Å²) in [5, 5.41) is 6.49. The van der Waals surface area contributed by atoms with Crippen molar-refractivity contribution in [3.05, 3.63) is 46.0 Å². The second-order valence-electron chi connectivity index (χ2n) is 5.42. The summed E-state index contributed by atoms with van der Waals surface area (Å²) in [7, 11) is 0. The molecule has 0 unspecified atom stereocenters. The van der Waals surface area contributed by atoms with Crippen LogP contribution >= 0.6 is 0 Å². The predicted molar refractivity (Wildman–Crippen MR) is 80.4 cm³/mol. The third-order valence-electron chi connectivity index (χ3n) is 3.10. The highest BCUT2D eigenvalue weighted by atomic mass is 16.5. The Kier molecular flexibility index (Phi) is 5.08. The molecule has 1 N–H and O–H groups in total. The lowest BCUT2D eigenvalue weighted by molar-refractivity contribution is 0.0949. The lowest BCUT2D eigenvalue weighted by atomic mass is 10.1. The SMILES string of the molecule is CCn1ccc(C(=O)NCc2noc(CC(C)C)n2)cc1=O. The van der Waals surface area contributed by atoms with Gasteiger partial charge in [0.2, 0.25) is 5.89 Å². The Morgan fingerprint density at radius 3 is 2.86 bits per heavy atom. The van der Waals surface area contributed by atoms with Crippen LogP contribution in [0.5, 0.6) is 0 Å². The summed E-state index contributed by atoms with van der Waals surface area (Å²) >= 11 is 0. The average molecular weight is 304 g/mol. The molecule has 0 spiro atoms. The van der Waals surface area contributed by atoms with E-state index in [1.54, 1.807) is 12.3 Å². The molecule has 0 fully saturated rings. The Morgan fingerprint density at radius 1 is 1.45 bits per heavy atom. The highest BCUT2D eigenvalue weighted by Gasteiger charge is 2.11. The number of carbonyl (C=O) groups excluding carboxylic acids is 1. The number of hydrogen-bond acceptors (Lipinski definition) is 5. The largest absolute Gasteiger partial charge is 0.345 e. The number of aryl methyl sites for hydroxylation is 1. The van der Waals surface area contributed by atoms with Gasteiger partial charge in [0.1, 0.15) is 0 Å². The van der Waals surface area contributed by atoms with Gasteiger partial charge in [-0.25, -0.2) is 0 Å². The van der Waals surface area contributed by atoms with Gasteiger partial charge in [-0.05, 0) is 18.9 Å². The highest BCUT2D eigenvalue weighted by molar-refractivity contribution is 5.93. The molecule has 0 aromatic carbocycles. The van der Waals surface area contributed by atoms with Crippen LogP contribution in [0.25, 0.3) is 0 Å². The van der Waals surface area contributed by atoms with E-state index >= 15 is 0 Å². The Hall–Kier alpha value is -2.44. The molecule has 0 bridgehead atoms. The molecule has 22 heavy (non-hydrogen) atoms. The van der Waals surface area contributed by atoms with Crippen LogP contribution in [0.1, 0.15) is 42.8 Å². The average Bonchev–Trinajstić information content (AvgIpc) is 2.91. The summed E-state index contributed by atoms with van der Waals surface area (Å²) in [5.41, 5.74) is 0.120. The van der Waals surface area contributed by atoms with Crippen LogP contribution in [-0.4, -0.2) is 20.6 Å². The molecule has 0 aliphatic carbocycles. The normalized spacial score (nSPS) is 10.9. The number of rotatable bonds is 6. The van der Waals surface area contributed by atoms with Crippen LogP contribution in [-0.2, 0) is 19.5 Å². The lowest BCUT2D eigenvalue weighted by Gasteiger charge is -2.04. The van der Waals surface area contributed by atoms with Gasteiger partial charge in [0.25, 0.3) is 11.5 Å². The second-order valence-corrected chi connectivity index (χ2v) is 5.42. The fraction of sp³-hybridized carbons (Fsp3) is 0.467. The first-order valence-electron chi connectivity index (χ1n) is 7.29. The number of nitrogens with zero attached hydrogens (tertiary/aromatic N) is 3. The van der Waals surface area contributed by atoms with E-state index in [0.717, 1.165) is 0 Å². The molecule has 2 aromatic rings. The number of amides is 1. The van der Waals surface area contributed by atoms with E-state index in [4.69, 9.17) is 4.52 Å². The zero-order chi connectivity index (χ0) is 16.1. The van der Waals surface area contributed by atoms with Crippen LogP contribution in [0.4, 0.5) is 0 Å². The molecule has 0 saturated carbocycles. The molecular weight excluding hydrogens is 284 g/mol. The summed E-state index contributed by atoms with van der Waals surface area (Å²) < 4.78 is 6.62. The van der Waals surface area contributed by atoms with E-state index in [1.807, 2.05) is 6.92 Å². The number of hydrogen-bond donors (Lipinski definition) is 1. The smallest absolute Gasteiger partial charge is 0.251 e. The Bertz CT molecular complexity index is 703. The molecule has 2 aromatic heterocycles. The van der Waals surface area contributed by atoms with Gasteiger partial charge >= 0.3 is 0 Å². The van der Waals surface area contributed by atoms with Crippen LogP contribution < -0.4 is 10.9 Å². The number of nitrogens with one attached hydrogen (secondary N) is 1. The van der Waals surface area contributed by atoms with Gasteiger partial charge in [-0.15, -0.1) is 0 Å².